The Morgan fingerprint density at radius 1 is 1.15 bits per heavy atom. The first kappa shape index (κ1) is 20.3. The number of nitrogens with zero attached hydrogens (tertiary/aromatic N) is 1. The van der Waals surface area contributed by atoms with E-state index >= 15 is 0 Å². The zero-order valence-corrected chi connectivity index (χ0v) is 14.2. The quantitative estimate of drug-likeness (QED) is 0.571. The summed E-state index contributed by atoms with van der Waals surface area (Å²) in [6.07, 6.45) is -5.33. The molecule has 27 heavy (non-hydrogen) atoms. The van der Waals surface area contributed by atoms with Gasteiger partial charge in [-0.1, -0.05) is 30.3 Å². The number of carbonyl (C=O) groups excluding carboxylic acids is 3. The molecule has 1 amide bonds. The van der Waals surface area contributed by atoms with Crippen LogP contribution in [0.3, 0.4) is 0 Å². The van der Waals surface area contributed by atoms with Gasteiger partial charge in [0.05, 0.1) is 6.61 Å². The van der Waals surface area contributed by atoms with Gasteiger partial charge in [-0.3, -0.25) is 9.69 Å². The Bertz CT molecular complexity index is 732. The third-order valence-electron chi connectivity index (χ3n) is 3.46. The normalized spacial score (nSPS) is 16.5. The Morgan fingerprint density at radius 3 is 2.41 bits per heavy atom. The molecule has 1 unspecified atom stereocenters. The van der Waals surface area contributed by atoms with E-state index in [1.54, 1.807) is 30.3 Å². The van der Waals surface area contributed by atoms with Crippen molar-refractivity contribution in [2.45, 2.75) is 19.7 Å². The van der Waals surface area contributed by atoms with E-state index in [4.69, 9.17) is 9.47 Å². The highest BCUT2D eigenvalue weighted by molar-refractivity contribution is 5.82. The lowest BCUT2D eigenvalue weighted by Gasteiger charge is -2.16. The zero-order valence-electron chi connectivity index (χ0n) is 14.2. The molecule has 0 saturated heterocycles. The first-order valence-electron chi connectivity index (χ1n) is 7.87. The maximum Gasteiger partial charge on any atom is 0.491 e. The number of hydrogen-bond donors (Lipinski definition) is 0. The fourth-order valence-electron chi connectivity index (χ4n) is 2.21. The fraction of sp³-hybridized carbons (Fsp3) is 0.353. The van der Waals surface area contributed by atoms with Crippen LogP contribution >= 0.6 is 0 Å². The second-order valence-electron chi connectivity index (χ2n) is 5.42. The van der Waals surface area contributed by atoms with Gasteiger partial charge in [-0.15, -0.1) is 0 Å². The molecule has 10 heteroatoms. The van der Waals surface area contributed by atoms with Crippen LogP contribution in [0, 0.1) is 5.92 Å². The molecular weight excluding hydrogens is 371 g/mol. The van der Waals surface area contributed by atoms with Crippen molar-refractivity contribution in [1.29, 1.82) is 0 Å². The molecule has 1 aliphatic rings. The number of hydrogen-bond acceptors (Lipinski definition) is 6. The van der Waals surface area contributed by atoms with Crippen molar-refractivity contribution in [3.8, 4) is 0 Å². The van der Waals surface area contributed by atoms with E-state index in [1.807, 2.05) is 0 Å². The molecule has 0 fully saturated rings. The van der Waals surface area contributed by atoms with E-state index in [2.05, 4.69) is 4.74 Å². The van der Waals surface area contributed by atoms with Gasteiger partial charge in [-0.2, -0.15) is 13.2 Å². The maximum absolute atomic E-state index is 12.4. The van der Waals surface area contributed by atoms with E-state index in [-0.39, 0.29) is 19.8 Å². The highest BCUT2D eigenvalue weighted by Crippen LogP contribution is 2.28. The number of rotatable bonds is 5. The van der Waals surface area contributed by atoms with Crippen molar-refractivity contribution in [3.63, 3.8) is 0 Å². The van der Waals surface area contributed by atoms with E-state index in [0.29, 0.717) is 5.56 Å². The molecule has 1 aromatic carbocycles. The summed E-state index contributed by atoms with van der Waals surface area (Å²) in [6, 6.07) is 8.69. The molecule has 0 aromatic heterocycles. The molecule has 1 aromatic rings. The van der Waals surface area contributed by atoms with Crippen LogP contribution in [0.15, 0.2) is 42.3 Å². The van der Waals surface area contributed by atoms with Crippen molar-refractivity contribution in [2.75, 3.05) is 13.2 Å². The molecule has 0 N–H and O–H groups in total. The van der Waals surface area contributed by atoms with Gasteiger partial charge in [-0.05, 0) is 12.5 Å². The van der Waals surface area contributed by atoms with Gasteiger partial charge < -0.3 is 14.2 Å². The summed E-state index contributed by atoms with van der Waals surface area (Å²) >= 11 is 0. The Labute approximate surface area is 152 Å². The molecule has 1 aliphatic heterocycles. The number of carbonyl (C=O) groups is 3. The van der Waals surface area contributed by atoms with Crippen molar-refractivity contribution in [2.24, 2.45) is 5.92 Å². The minimum Gasteiger partial charge on any atom is -0.465 e. The van der Waals surface area contributed by atoms with Crippen LogP contribution in [0.5, 0.6) is 0 Å². The van der Waals surface area contributed by atoms with Crippen LogP contribution in [0.25, 0.3) is 0 Å². The molecule has 7 nitrogen and oxygen atoms in total. The summed E-state index contributed by atoms with van der Waals surface area (Å²) in [6.45, 7) is 1.02. The van der Waals surface area contributed by atoms with Crippen LogP contribution in [0.1, 0.15) is 12.5 Å². The summed E-state index contributed by atoms with van der Waals surface area (Å²) < 4.78 is 51.3. The van der Waals surface area contributed by atoms with Crippen LogP contribution in [0.2, 0.25) is 0 Å². The molecule has 0 radical (unpaired) electrons. The van der Waals surface area contributed by atoms with Crippen molar-refractivity contribution in [1.82, 2.24) is 4.90 Å². The largest absolute Gasteiger partial charge is 0.491 e. The second kappa shape index (κ2) is 8.56. The average Bonchev–Trinajstić information content (AvgIpc) is 3.04. The standard InChI is InChI=1S/C17H16F3NO6/c1-2-25-14(22)12-8-21(9-13(12)27-15(23)17(18,19)20)16(24)26-10-11-6-4-3-5-7-11/h3-7,9,12H,2,8,10H2,1H3. The van der Waals surface area contributed by atoms with Crippen LogP contribution in [0.4, 0.5) is 18.0 Å². The molecule has 0 bridgehead atoms. The molecular formula is C17H16F3NO6. The van der Waals surface area contributed by atoms with Crippen molar-refractivity contribution in [3.05, 3.63) is 47.9 Å². The molecule has 0 spiro atoms. The summed E-state index contributed by atoms with van der Waals surface area (Å²) in [7, 11) is 0. The Balaban J connectivity index is 2.08. The van der Waals surface area contributed by atoms with Crippen LogP contribution in [-0.2, 0) is 30.4 Å². The summed E-state index contributed by atoms with van der Waals surface area (Å²) in [5, 5.41) is 0. The predicted molar refractivity (Wildman–Crippen MR) is 83.7 cm³/mol. The molecule has 0 aliphatic carbocycles. The number of halogens is 3. The molecule has 2 rings (SSSR count). The highest BCUT2D eigenvalue weighted by Gasteiger charge is 2.45. The highest BCUT2D eigenvalue weighted by atomic mass is 19.4. The Hall–Kier alpha value is -3.04. The van der Waals surface area contributed by atoms with Gasteiger partial charge in [0.2, 0.25) is 0 Å². The van der Waals surface area contributed by atoms with Gasteiger partial charge in [0.1, 0.15) is 18.3 Å². The third-order valence-corrected chi connectivity index (χ3v) is 3.46. The van der Waals surface area contributed by atoms with Crippen LogP contribution in [-0.4, -0.2) is 42.3 Å². The number of benzene rings is 1. The smallest absolute Gasteiger partial charge is 0.465 e. The number of esters is 2. The maximum atomic E-state index is 12.4. The van der Waals surface area contributed by atoms with E-state index < -0.39 is 35.9 Å². The Morgan fingerprint density at radius 2 is 1.81 bits per heavy atom. The first-order chi connectivity index (χ1) is 12.7. The van der Waals surface area contributed by atoms with Crippen molar-refractivity contribution >= 4 is 18.0 Å². The summed E-state index contributed by atoms with van der Waals surface area (Å²) in [5.41, 5.74) is 0.694. The zero-order chi connectivity index (χ0) is 20.0. The second-order valence-corrected chi connectivity index (χ2v) is 5.42. The Kier molecular flexibility index (Phi) is 6.43. The number of amides is 1. The molecule has 146 valence electrons. The predicted octanol–water partition coefficient (Wildman–Crippen LogP) is 2.77. The SMILES string of the molecule is CCOC(=O)C1CN(C(=O)OCc2ccccc2)C=C1OC(=O)C(F)(F)F. The molecule has 0 saturated carbocycles. The van der Waals surface area contributed by atoms with Gasteiger partial charge in [-0.25, -0.2) is 9.59 Å². The third kappa shape index (κ3) is 5.47. The lowest BCUT2D eigenvalue weighted by molar-refractivity contribution is -0.196. The average molecular weight is 387 g/mol. The van der Waals surface area contributed by atoms with E-state index in [0.717, 1.165) is 11.1 Å². The minimum absolute atomic E-state index is 0.0334. The lowest BCUT2D eigenvalue weighted by Crippen LogP contribution is -2.32. The van der Waals surface area contributed by atoms with Crippen LogP contribution < -0.4 is 0 Å². The van der Waals surface area contributed by atoms with Gasteiger partial charge in [0.25, 0.3) is 0 Å². The lowest BCUT2D eigenvalue weighted by atomic mass is 10.1. The molecule has 1 atom stereocenters. The summed E-state index contributed by atoms with van der Waals surface area (Å²) in [4.78, 5) is 35.9. The monoisotopic (exact) mass is 387 g/mol. The topological polar surface area (TPSA) is 82.1 Å². The minimum atomic E-state index is -5.25. The van der Waals surface area contributed by atoms with Gasteiger partial charge >= 0.3 is 24.2 Å². The van der Waals surface area contributed by atoms with Gasteiger partial charge in [0, 0.05) is 12.7 Å². The van der Waals surface area contributed by atoms with E-state index in [9.17, 15) is 27.6 Å². The fourth-order valence-corrected chi connectivity index (χ4v) is 2.21. The van der Waals surface area contributed by atoms with Gasteiger partial charge in [0.15, 0.2) is 0 Å². The first-order valence-corrected chi connectivity index (χ1v) is 7.87. The number of alkyl halides is 3. The molecule has 1 heterocycles. The van der Waals surface area contributed by atoms with Crippen molar-refractivity contribution < 1.29 is 41.8 Å². The number of ether oxygens (including phenoxy) is 3. The van der Waals surface area contributed by atoms with E-state index in [1.165, 1.54) is 6.92 Å². The summed E-state index contributed by atoms with van der Waals surface area (Å²) in [5.74, 6) is -5.41.